The number of hydrogen-bond acceptors (Lipinski definition) is 4. The molecule has 0 aliphatic rings. The maximum absolute atomic E-state index is 5.44. The lowest BCUT2D eigenvalue weighted by molar-refractivity contribution is -0.0333. The molecule has 80 valence electrons. The smallest absolute Gasteiger partial charge is 0.105 e. The van der Waals surface area contributed by atoms with E-state index in [1.807, 2.05) is 6.92 Å². The van der Waals surface area contributed by atoms with E-state index in [0.717, 1.165) is 0 Å². The molecule has 0 amide bonds. The second kappa shape index (κ2) is 6.32. The molecule has 0 fully saturated rings. The highest BCUT2D eigenvalue weighted by Crippen LogP contribution is 2.01. The second-order valence-corrected chi connectivity index (χ2v) is 3.96. The van der Waals surface area contributed by atoms with Crippen molar-refractivity contribution < 1.29 is 9.57 Å². The molecule has 0 saturated carbocycles. The number of rotatable bonds is 6. The Morgan fingerprint density at radius 2 is 1.85 bits per heavy atom. The molecule has 0 aromatic carbocycles. The van der Waals surface area contributed by atoms with Gasteiger partial charge in [0, 0.05) is 12.6 Å². The Balaban J connectivity index is 3.35. The molecule has 0 heterocycles. The Hall–Kier alpha value is -0.160. The summed E-state index contributed by atoms with van der Waals surface area (Å²) >= 11 is 0. The van der Waals surface area contributed by atoms with Crippen LogP contribution in [0.5, 0.6) is 0 Å². The van der Waals surface area contributed by atoms with Crippen molar-refractivity contribution in [1.29, 1.82) is 0 Å². The SMILES string of the molecule is CNOCCOC(C)NC(C)(C)C. The van der Waals surface area contributed by atoms with Crippen molar-refractivity contribution in [2.45, 2.75) is 39.5 Å². The summed E-state index contributed by atoms with van der Waals surface area (Å²) in [7, 11) is 1.73. The third-order valence-electron chi connectivity index (χ3n) is 1.33. The zero-order valence-electron chi connectivity index (χ0n) is 9.31. The van der Waals surface area contributed by atoms with Gasteiger partial charge in [0.25, 0.3) is 0 Å². The number of hydroxylamine groups is 1. The minimum atomic E-state index is 0.0560. The predicted molar refractivity (Wildman–Crippen MR) is 53.3 cm³/mol. The molecule has 0 spiro atoms. The lowest BCUT2D eigenvalue weighted by atomic mass is 10.1. The van der Waals surface area contributed by atoms with E-state index in [0.29, 0.717) is 13.2 Å². The zero-order chi connectivity index (χ0) is 10.3. The predicted octanol–water partition coefficient (Wildman–Crippen LogP) is 0.888. The average Bonchev–Trinajstić information content (AvgIpc) is 1.94. The average molecular weight is 190 g/mol. The lowest BCUT2D eigenvalue weighted by Gasteiger charge is -2.25. The fourth-order valence-corrected chi connectivity index (χ4v) is 1.02. The topological polar surface area (TPSA) is 42.5 Å². The van der Waals surface area contributed by atoms with Gasteiger partial charge >= 0.3 is 0 Å². The highest BCUT2D eigenvalue weighted by atomic mass is 16.7. The van der Waals surface area contributed by atoms with Gasteiger partial charge in [0.05, 0.1) is 13.2 Å². The summed E-state index contributed by atoms with van der Waals surface area (Å²) in [4.78, 5) is 4.91. The van der Waals surface area contributed by atoms with Crippen molar-refractivity contribution >= 4 is 0 Å². The lowest BCUT2D eigenvalue weighted by Crippen LogP contribution is -2.43. The summed E-state index contributed by atoms with van der Waals surface area (Å²) in [5.41, 5.74) is 2.68. The third kappa shape index (κ3) is 9.76. The molecular formula is C9H22N2O2. The van der Waals surface area contributed by atoms with Gasteiger partial charge in [0.1, 0.15) is 6.23 Å². The highest BCUT2D eigenvalue weighted by molar-refractivity contribution is 4.70. The Morgan fingerprint density at radius 3 is 2.31 bits per heavy atom. The minimum Gasteiger partial charge on any atom is -0.361 e. The number of ether oxygens (including phenoxy) is 1. The molecule has 0 rings (SSSR count). The molecule has 0 aromatic rings. The molecule has 0 aliphatic heterocycles. The molecule has 4 heteroatoms. The Morgan fingerprint density at radius 1 is 1.23 bits per heavy atom. The summed E-state index contributed by atoms with van der Waals surface area (Å²) in [6.07, 6.45) is 0.0560. The van der Waals surface area contributed by atoms with Gasteiger partial charge in [-0.25, -0.2) is 5.48 Å². The van der Waals surface area contributed by atoms with Crippen molar-refractivity contribution in [3.05, 3.63) is 0 Å². The van der Waals surface area contributed by atoms with Crippen LogP contribution in [0, 0.1) is 0 Å². The van der Waals surface area contributed by atoms with Crippen molar-refractivity contribution in [2.24, 2.45) is 0 Å². The summed E-state index contributed by atoms with van der Waals surface area (Å²) < 4.78 is 5.44. The molecule has 0 aromatic heterocycles. The minimum absolute atomic E-state index is 0.0560. The van der Waals surface area contributed by atoms with Crippen LogP contribution in [0.1, 0.15) is 27.7 Å². The van der Waals surface area contributed by atoms with Gasteiger partial charge < -0.3 is 4.74 Å². The van der Waals surface area contributed by atoms with E-state index in [1.165, 1.54) is 0 Å². The van der Waals surface area contributed by atoms with Crippen molar-refractivity contribution in [2.75, 3.05) is 20.3 Å². The standard InChI is InChI=1S/C9H22N2O2/c1-8(11-9(2,3)4)12-6-7-13-10-5/h8,10-11H,6-7H2,1-5H3. The van der Waals surface area contributed by atoms with Gasteiger partial charge in [-0.3, -0.25) is 10.2 Å². The number of nitrogens with one attached hydrogen (secondary N) is 2. The van der Waals surface area contributed by atoms with Crippen molar-refractivity contribution in [3.8, 4) is 0 Å². The van der Waals surface area contributed by atoms with Crippen LogP contribution in [-0.2, 0) is 9.57 Å². The van der Waals surface area contributed by atoms with Gasteiger partial charge in [0.15, 0.2) is 0 Å². The van der Waals surface area contributed by atoms with Crippen LogP contribution in [0.3, 0.4) is 0 Å². The quantitative estimate of drug-likeness (QED) is 0.371. The van der Waals surface area contributed by atoms with Crippen LogP contribution < -0.4 is 10.8 Å². The van der Waals surface area contributed by atoms with Gasteiger partial charge in [-0.05, 0) is 27.7 Å². The van der Waals surface area contributed by atoms with Crippen LogP contribution in [-0.4, -0.2) is 32.0 Å². The van der Waals surface area contributed by atoms with Crippen LogP contribution in [0.25, 0.3) is 0 Å². The van der Waals surface area contributed by atoms with Crippen LogP contribution >= 0.6 is 0 Å². The fourth-order valence-electron chi connectivity index (χ4n) is 1.02. The summed E-state index contributed by atoms with van der Waals surface area (Å²) in [6.45, 7) is 9.47. The largest absolute Gasteiger partial charge is 0.361 e. The third-order valence-corrected chi connectivity index (χ3v) is 1.33. The number of hydrogen-bond donors (Lipinski definition) is 2. The van der Waals surface area contributed by atoms with Gasteiger partial charge in [-0.1, -0.05) is 0 Å². The molecule has 1 unspecified atom stereocenters. The van der Waals surface area contributed by atoms with Crippen molar-refractivity contribution in [3.63, 3.8) is 0 Å². The zero-order valence-corrected chi connectivity index (χ0v) is 9.31. The van der Waals surface area contributed by atoms with Crippen LogP contribution in [0.4, 0.5) is 0 Å². The van der Waals surface area contributed by atoms with E-state index in [1.54, 1.807) is 7.05 Å². The van der Waals surface area contributed by atoms with E-state index < -0.39 is 0 Å². The maximum Gasteiger partial charge on any atom is 0.105 e. The first-order chi connectivity index (χ1) is 5.95. The Labute approximate surface area is 80.9 Å². The van der Waals surface area contributed by atoms with E-state index in [9.17, 15) is 0 Å². The Bertz CT molecular complexity index is 123. The monoisotopic (exact) mass is 190 g/mol. The first kappa shape index (κ1) is 12.8. The second-order valence-electron chi connectivity index (χ2n) is 3.96. The summed E-state index contributed by atoms with van der Waals surface area (Å²) in [5, 5.41) is 3.30. The van der Waals surface area contributed by atoms with E-state index in [4.69, 9.17) is 9.57 Å². The molecule has 0 bridgehead atoms. The summed E-state index contributed by atoms with van der Waals surface area (Å²) in [6, 6.07) is 0. The molecule has 0 saturated heterocycles. The van der Waals surface area contributed by atoms with E-state index in [-0.39, 0.29) is 11.8 Å². The highest BCUT2D eigenvalue weighted by Gasteiger charge is 2.13. The van der Waals surface area contributed by atoms with Gasteiger partial charge in [-0.15, -0.1) is 0 Å². The molecule has 0 radical (unpaired) electrons. The molecule has 2 N–H and O–H groups in total. The van der Waals surface area contributed by atoms with Gasteiger partial charge in [0.2, 0.25) is 0 Å². The fraction of sp³-hybridized carbons (Fsp3) is 1.00. The first-order valence-electron chi connectivity index (χ1n) is 4.63. The Kier molecular flexibility index (Phi) is 6.24. The molecule has 1 atom stereocenters. The van der Waals surface area contributed by atoms with Crippen LogP contribution in [0.2, 0.25) is 0 Å². The van der Waals surface area contributed by atoms with Crippen molar-refractivity contribution in [1.82, 2.24) is 10.8 Å². The van der Waals surface area contributed by atoms with E-state index in [2.05, 4.69) is 31.6 Å². The molecular weight excluding hydrogens is 168 g/mol. The molecule has 13 heavy (non-hydrogen) atoms. The normalized spacial score (nSPS) is 14.5. The molecule has 4 nitrogen and oxygen atoms in total. The van der Waals surface area contributed by atoms with E-state index >= 15 is 0 Å². The summed E-state index contributed by atoms with van der Waals surface area (Å²) in [5.74, 6) is 0. The molecule has 0 aliphatic carbocycles. The van der Waals surface area contributed by atoms with Crippen LogP contribution in [0.15, 0.2) is 0 Å². The first-order valence-corrected chi connectivity index (χ1v) is 4.63. The van der Waals surface area contributed by atoms with Gasteiger partial charge in [-0.2, -0.15) is 0 Å². The maximum atomic E-state index is 5.44.